The Bertz CT molecular complexity index is 866. The van der Waals surface area contributed by atoms with Gasteiger partial charge in [0.25, 0.3) is 5.91 Å². The van der Waals surface area contributed by atoms with Crippen molar-refractivity contribution in [2.75, 3.05) is 31.6 Å². The highest BCUT2D eigenvalue weighted by Gasteiger charge is 2.40. The molecule has 0 saturated carbocycles. The molecule has 7 heteroatoms. The SMILES string of the molecule is Cc1cccc(C(C)C)c1Nc1ncc(C(=O)N2CCC3(CC2)OCCO3)cn1. The number of aryl methyl sites for hydroxylation is 1. The van der Waals surface area contributed by atoms with Crippen LogP contribution < -0.4 is 5.32 Å². The fourth-order valence-electron chi connectivity index (χ4n) is 3.98. The van der Waals surface area contributed by atoms with Gasteiger partial charge in [-0.1, -0.05) is 32.0 Å². The predicted octanol–water partition coefficient (Wildman–Crippen LogP) is 3.63. The molecule has 1 N–H and O–H groups in total. The van der Waals surface area contributed by atoms with Gasteiger partial charge < -0.3 is 19.7 Å². The Kier molecular flexibility index (Phi) is 5.52. The molecule has 154 valence electrons. The van der Waals surface area contributed by atoms with Gasteiger partial charge >= 0.3 is 0 Å². The molecular formula is C22H28N4O3. The summed E-state index contributed by atoms with van der Waals surface area (Å²) in [5, 5.41) is 3.32. The van der Waals surface area contributed by atoms with E-state index in [9.17, 15) is 4.79 Å². The molecule has 1 aromatic carbocycles. The van der Waals surface area contributed by atoms with Crippen LogP contribution in [0, 0.1) is 6.92 Å². The summed E-state index contributed by atoms with van der Waals surface area (Å²) in [6.07, 6.45) is 4.59. The summed E-state index contributed by atoms with van der Waals surface area (Å²) >= 11 is 0. The van der Waals surface area contributed by atoms with Crippen molar-refractivity contribution in [3.8, 4) is 0 Å². The van der Waals surface area contributed by atoms with Crippen LogP contribution in [-0.4, -0.2) is 52.9 Å². The highest BCUT2D eigenvalue weighted by atomic mass is 16.7. The van der Waals surface area contributed by atoms with Crippen LogP contribution in [-0.2, 0) is 9.47 Å². The molecule has 29 heavy (non-hydrogen) atoms. The predicted molar refractivity (Wildman–Crippen MR) is 110 cm³/mol. The van der Waals surface area contributed by atoms with E-state index >= 15 is 0 Å². The molecule has 0 radical (unpaired) electrons. The monoisotopic (exact) mass is 396 g/mol. The minimum absolute atomic E-state index is 0.0526. The number of anilines is 2. The summed E-state index contributed by atoms with van der Waals surface area (Å²) in [7, 11) is 0. The van der Waals surface area contributed by atoms with Crippen molar-refractivity contribution >= 4 is 17.5 Å². The second kappa shape index (κ2) is 8.08. The van der Waals surface area contributed by atoms with Crippen molar-refractivity contribution in [1.29, 1.82) is 0 Å². The lowest BCUT2D eigenvalue weighted by atomic mass is 9.98. The molecule has 1 amide bonds. The van der Waals surface area contributed by atoms with Crippen molar-refractivity contribution < 1.29 is 14.3 Å². The molecule has 3 heterocycles. The summed E-state index contributed by atoms with van der Waals surface area (Å²) in [6, 6.07) is 6.23. The van der Waals surface area contributed by atoms with Crippen LogP contribution in [0.15, 0.2) is 30.6 Å². The fourth-order valence-corrected chi connectivity index (χ4v) is 3.98. The van der Waals surface area contributed by atoms with Gasteiger partial charge in [-0.2, -0.15) is 0 Å². The number of rotatable bonds is 4. The molecule has 1 aromatic heterocycles. The zero-order valence-corrected chi connectivity index (χ0v) is 17.3. The molecule has 2 fully saturated rings. The number of nitrogens with zero attached hydrogens (tertiary/aromatic N) is 3. The van der Waals surface area contributed by atoms with Crippen molar-refractivity contribution in [1.82, 2.24) is 14.9 Å². The van der Waals surface area contributed by atoms with E-state index in [2.05, 4.69) is 54.3 Å². The fraction of sp³-hybridized carbons (Fsp3) is 0.500. The van der Waals surface area contributed by atoms with E-state index < -0.39 is 5.79 Å². The van der Waals surface area contributed by atoms with E-state index in [1.165, 1.54) is 5.56 Å². The number of carbonyl (C=O) groups excluding carboxylic acids is 1. The van der Waals surface area contributed by atoms with Crippen LogP contribution in [0.2, 0.25) is 0 Å². The Balaban J connectivity index is 1.43. The summed E-state index contributed by atoms with van der Waals surface area (Å²) in [6.45, 7) is 8.87. The minimum Gasteiger partial charge on any atom is -0.347 e. The average Bonchev–Trinajstić information content (AvgIpc) is 3.18. The van der Waals surface area contributed by atoms with E-state index in [4.69, 9.17) is 9.47 Å². The number of amides is 1. The third kappa shape index (κ3) is 4.11. The van der Waals surface area contributed by atoms with Crippen molar-refractivity contribution in [3.63, 3.8) is 0 Å². The molecule has 0 aliphatic carbocycles. The van der Waals surface area contributed by atoms with E-state index in [0.29, 0.717) is 56.6 Å². The summed E-state index contributed by atoms with van der Waals surface area (Å²) in [5.41, 5.74) is 3.87. The Hall–Kier alpha value is -2.51. The van der Waals surface area contributed by atoms with Crippen LogP contribution in [0.25, 0.3) is 0 Å². The van der Waals surface area contributed by atoms with Gasteiger partial charge in [-0.3, -0.25) is 4.79 Å². The Morgan fingerprint density at radius 3 is 2.41 bits per heavy atom. The van der Waals surface area contributed by atoms with Crippen LogP contribution in [0.4, 0.5) is 11.6 Å². The topological polar surface area (TPSA) is 76.6 Å². The Morgan fingerprint density at radius 2 is 1.79 bits per heavy atom. The van der Waals surface area contributed by atoms with Crippen LogP contribution in [0.3, 0.4) is 0 Å². The van der Waals surface area contributed by atoms with Gasteiger partial charge in [0.2, 0.25) is 5.95 Å². The molecule has 2 aliphatic heterocycles. The third-order valence-corrected chi connectivity index (χ3v) is 5.69. The molecule has 4 rings (SSSR count). The highest BCUT2D eigenvalue weighted by molar-refractivity contribution is 5.93. The van der Waals surface area contributed by atoms with Gasteiger partial charge in [-0.25, -0.2) is 9.97 Å². The average molecular weight is 396 g/mol. The number of nitrogens with one attached hydrogen (secondary N) is 1. The number of carbonyl (C=O) groups is 1. The Morgan fingerprint density at radius 1 is 1.14 bits per heavy atom. The molecule has 7 nitrogen and oxygen atoms in total. The summed E-state index contributed by atoms with van der Waals surface area (Å²) in [5.74, 6) is 0.336. The first kappa shape index (κ1) is 19.8. The molecule has 1 spiro atoms. The lowest BCUT2D eigenvalue weighted by Crippen LogP contribution is -2.47. The number of aromatic nitrogens is 2. The van der Waals surface area contributed by atoms with Gasteiger partial charge in [0.15, 0.2) is 5.79 Å². The molecule has 2 aliphatic rings. The maximum Gasteiger partial charge on any atom is 0.256 e. The Labute approximate surface area is 171 Å². The largest absolute Gasteiger partial charge is 0.347 e. The molecule has 0 unspecified atom stereocenters. The van der Waals surface area contributed by atoms with Gasteiger partial charge in [0.05, 0.1) is 18.8 Å². The zero-order valence-electron chi connectivity index (χ0n) is 17.3. The summed E-state index contributed by atoms with van der Waals surface area (Å²) in [4.78, 5) is 23.4. The molecular weight excluding hydrogens is 368 g/mol. The smallest absolute Gasteiger partial charge is 0.256 e. The van der Waals surface area contributed by atoms with Gasteiger partial charge in [-0.15, -0.1) is 0 Å². The number of benzene rings is 1. The minimum atomic E-state index is -0.483. The molecule has 2 aromatic rings. The van der Waals surface area contributed by atoms with E-state index in [0.717, 1.165) is 11.3 Å². The standard InChI is InChI=1S/C22H28N4O3/c1-15(2)18-6-4-5-16(3)19(18)25-21-23-13-17(14-24-21)20(27)26-9-7-22(8-10-26)28-11-12-29-22/h4-6,13-15H,7-12H2,1-3H3,(H,23,24,25). The van der Waals surface area contributed by atoms with Gasteiger partial charge in [-0.05, 0) is 24.0 Å². The number of likely N-dealkylation sites (tertiary alicyclic amines) is 1. The number of ether oxygens (including phenoxy) is 2. The van der Waals surface area contributed by atoms with E-state index in [1.54, 1.807) is 12.4 Å². The first-order valence-electron chi connectivity index (χ1n) is 10.2. The maximum absolute atomic E-state index is 12.8. The van der Waals surface area contributed by atoms with Crippen molar-refractivity contribution in [3.05, 3.63) is 47.3 Å². The van der Waals surface area contributed by atoms with Crippen molar-refractivity contribution in [2.24, 2.45) is 0 Å². The third-order valence-electron chi connectivity index (χ3n) is 5.69. The van der Waals surface area contributed by atoms with E-state index in [1.807, 2.05) is 4.90 Å². The first-order valence-corrected chi connectivity index (χ1v) is 10.2. The van der Waals surface area contributed by atoms with E-state index in [-0.39, 0.29) is 5.91 Å². The number of hydrogen-bond acceptors (Lipinski definition) is 6. The van der Waals surface area contributed by atoms with Crippen molar-refractivity contribution in [2.45, 2.75) is 45.3 Å². The lowest BCUT2D eigenvalue weighted by Gasteiger charge is -2.37. The second-order valence-corrected chi connectivity index (χ2v) is 8.01. The first-order chi connectivity index (χ1) is 14.0. The zero-order chi connectivity index (χ0) is 20.4. The number of piperidine rings is 1. The normalized spacial score (nSPS) is 18.4. The lowest BCUT2D eigenvalue weighted by molar-refractivity contribution is -0.181. The molecule has 0 bridgehead atoms. The molecule has 2 saturated heterocycles. The number of para-hydroxylation sites is 1. The second-order valence-electron chi connectivity index (χ2n) is 8.01. The van der Waals surface area contributed by atoms with Crippen LogP contribution in [0.5, 0.6) is 0 Å². The number of hydrogen-bond donors (Lipinski definition) is 1. The van der Waals surface area contributed by atoms with Gasteiger partial charge in [0.1, 0.15) is 0 Å². The summed E-state index contributed by atoms with van der Waals surface area (Å²) < 4.78 is 11.5. The van der Waals surface area contributed by atoms with Crippen LogP contribution >= 0.6 is 0 Å². The van der Waals surface area contributed by atoms with Gasteiger partial charge in [0, 0.05) is 44.0 Å². The molecule has 0 atom stereocenters. The quantitative estimate of drug-likeness (QED) is 0.850. The highest BCUT2D eigenvalue weighted by Crippen LogP contribution is 2.32. The van der Waals surface area contributed by atoms with Crippen LogP contribution in [0.1, 0.15) is 54.1 Å². The maximum atomic E-state index is 12.8.